The second kappa shape index (κ2) is 6.22. The van der Waals surface area contributed by atoms with E-state index in [9.17, 15) is 14.7 Å². The highest BCUT2D eigenvalue weighted by atomic mass is 16.5. The summed E-state index contributed by atoms with van der Waals surface area (Å²) in [5.41, 5.74) is 0.746. The minimum absolute atomic E-state index is 0.0264. The molecule has 1 aliphatic heterocycles. The molecule has 0 saturated carbocycles. The van der Waals surface area contributed by atoms with Crippen LogP contribution in [-0.4, -0.2) is 51.4 Å². The van der Waals surface area contributed by atoms with Gasteiger partial charge in [0.05, 0.1) is 11.1 Å². The fourth-order valence-corrected chi connectivity index (χ4v) is 3.13. The minimum atomic E-state index is -0.851. The van der Waals surface area contributed by atoms with Gasteiger partial charge >= 0.3 is 5.97 Å². The quantitative estimate of drug-likeness (QED) is 0.885. The molecule has 0 radical (unpaired) electrons. The lowest BCUT2D eigenvalue weighted by Crippen LogP contribution is -2.41. The molecule has 0 bridgehead atoms. The van der Waals surface area contributed by atoms with Crippen LogP contribution in [0.15, 0.2) is 0 Å². The maximum atomic E-state index is 12.4. The van der Waals surface area contributed by atoms with Gasteiger partial charge in [0.25, 0.3) is 5.91 Å². The van der Waals surface area contributed by atoms with E-state index in [0.717, 1.165) is 11.4 Å². The van der Waals surface area contributed by atoms with Gasteiger partial charge in [-0.25, -0.2) is 0 Å². The van der Waals surface area contributed by atoms with Crippen LogP contribution in [0.1, 0.15) is 31.7 Å². The summed E-state index contributed by atoms with van der Waals surface area (Å²) in [6.07, 6.45) is 0.483. The number of aliphatic carboxylic acids is 1. The Hall–Kier alpha value is -2.05. The predicted molar refractivity (Wildman–Crippen MR) is 84.3 cm³/mol. The number of hydrogen-bond donors (Lipinski definition) is 1. The van der Waals surface area contributed by atoms with Gasteiger partial charge < -0.3 is 14.7 Å². The number of carboxylic acids is 1. The van der Waals surface area contributed by atoms with Crippen molar-refractivity contribution in [3.63, 3.8) is 0 Å². The molecular formula is C16H25N3O4. The summed E-state index contributed by atoms with van der Waals surface area (Å²) in [4.78, 5) is 25.6. The Morgan fingerprint density at radius 1 is 1.39 bits per heavy atom. The summed E-state index contributed by atoms with van der Waals surface area (Å²) in [6.45, 7) is 8.09. The fraction of sp³-hybridized carbons (Fsp3) is 0.688. The van der Waals surface area contributed by atoms with Gasteiger partial charge in [-0.15, -0.1) is 0 Å². The SMILES string of the molecule is Cc1nn(C)c(C)c1OCC(=O)N1CCC(C(=O)O)(C(C)C)C1. The molecule has 0 aliphatic carbocycles. The van der Waals surface area contributed by atoms with Gasteiger partial charge in [0.15, 0.2) is 12.4 Å². The molecule has 1 aromatic rings. The first-order chi connectivity index (χ1) is 10.7. The zero-order chi connectivity index (χ0) is 17.4. The monoisotopic (exact) mass is 323 g/mol. The Bertz CT molecular complexity index is 623. The molecule has 7 nitrogen and oxygen atoms in total. The number of hydrogen-bond acceptors (Lipinski definition) is 4. The van der Waals surface area contributed by atoms with Crippen LogP contribution in [0, 0.1) is 25.2 Å². The number of ether oxygens (including phenoxy) is 1. The molecule has 2 rings (SSSR count). The van der Waals surface area contributed by atoms with Crippen molar-refractivity contribution in [2.75, 3.05) is 19.7 Å². The highest BCUT2D eigenvalue weighted by molar-refractivity contribution is 5.81. The lowest BCUT2D eigenvalue weighted by Gasteiger charge is -2.28. The Balaban J connectivity index is 2.01. The zero-order valence-electron chi connectivity index (χ0n) is 14.4. The number of carboxylic acid groups (broad SMARTS) is 1. The van der Waals surface area contributed by atoms with Crippen LogP contribution < -0.4 is 4.74 Å². The zero-order valence-corrected chi connectivity index (χ0v) is 14.4. The van der Waals surface area contributed by atoms with E-state index in [-0.39, 0.29) is 25.0 Å². The van der Waals surface area contributed by atoms with Crippen LogP contribution in [-0.2, 0) is 16.6 Å². The summed E-state index contributed by atoms with van der Waals surface area (Å²) in [6, 6.07) is 0. The van der Waals surface area contributed by atoms with Gasteiger partial charge in [-0.2, -0.15) is 5.10 Å². The van der Waals surface area contributed by atoms with Crippen molar-refractivity contribution < 1.29 is 19.4 Å². The van der Waals surface area contributed by atoms with Crippen molar-refractivity contribution in [1.29, 1.82) is 0 Å². The molecule has 128 valence electrons. The van der Waals surface area contributed by atoms with Gasteiger partial charge in [-0.05, 0) is 26.2 Å². The highest BCUT2D eigenvalue weighted by Gasteiger charge is 2.48. The van der Waals surface area contributed by atoms with Gasteiger partial charge in [-0.1, -0.05) is 13.8 Å². The molecule has 0 spiro atoms. The highest BCUT2D eigenvalue weighted by Crippen LogP contribution is 2.38. The van der Waals surface area contributed by atoms with E-state index in [1.807, 2.05) is 34.7 Å². The number of amides is 1. The van der Waals surface area contributed by atoms with Crippen molar-refractivity contribution in [2.24, 2.45) is 18.4 Å². The van der Waals surface area contributed by atoms with Crippen molar-refractivity contribution >= 4 is 11.9 Å². The van der Waals surface area contributed by atoms with E-state index in [1.54, 1.807) is 9.58 Å². The Kier molecular flexibility index (Phi) is 4.68. The third-order valence-corrected chi connectivity index (χ3v) is 4.97. The molecule has 1 atom stereocenters. The van der Waals surface area contributed by atoms with Crippen LogP contribution in [0.4, 0.5) is 0 Å². The van der Waals surface area contributed by atoms with E-state index in [1.165, 1.54) is 0 Å². The van der Waals surface area contributed by atoms with Crippen LogP contribution in [0.2, 0.25) is 0 Å². The molecule has 1 saturated heterocycles. The summed E-state index contributed by atoms with van der Waals surface area (Å²) < 4.78 is 7.34. The largest absolute Gasteiger partial charge is 0.481 e. The van der Waals surface area contributed by atoms with Gasteiger partial charge in [0.2, 0.25) is 0 Å². The average Bonchev–Trinajstić information content (AvgIpc) is 3.01. The van der Waals surface area contributed by atoms with E-state index in [2.05, 4.69) is 5.10 Å². The van der Waals surface area contributed by atoms with E-state index in [0.29, 0.717) is 18.7 Å². The van der Waals surface area contributed by atoms with Gasteiger partial charge in [-0.3, -0.25) is 14.3 Å². The standard InChI is InChI=1S/C16H25N3O4/c1-10(2)16(15(21)22)6-7-19(9-16)13(20)8-23-14-11(3)17-18(5)12(14)4/h10H,6-9H2,1-5H3,(H,21,22). The normalized spacial score (nSPS) is 21.0. The first-order valence-electron chi connectivity index (χ1n) is 7.83. The number of rotatable bonds is 5. The molecule has 2 heterocycles. The average molecular weight is 323 g/mol. The number of aryl methyl sites for hydroxylation is 2. The maximum Gasteiger partial charge on any atom is 0.311 e. The van der Waals surface area contributed by atoms with Crippen molar-refractivity contribution in [3.8, 4) is 5.75 Å². The smallest absolute Gasteiger partial charge is 0.311 e. The first-order valence-corrected chi connectivity index (χ1v) is 7.83. The number of carbonyl (C=O) groups excluding carboxylic acids is 1. The van der Waals surface area contributed by atoms with Crippen LogP contribution in [0.5, 0.6) is 5.75 Å². The van der Waals surface area contributed by atoms with E-state index >= 15 is 0 Å². The molecular weight excluding hydrogens is 298 g/mol. The first kappa shape index (κ1) is 17.3. The lowest BCUT2D eigenvalue weighted by molar-refractivity contribution is -0.151. The Labute approximate surface area is 136 Å². The predicted octanol–water partition coefficient (Wildman–Crippen LogP) is 1.38. The third-order valence-electron chi connectivity index (χ3n) is 4.97. The molecule has 1 aliphatic rings. The topological polar surface area (TPSA) is 84.7 Å². The molecule has 1 amide bonds. The van der Waals surface area contributed by atoms with Gasteiger partial charge in [0.1, 0.15) is 5.69 Å². The molecule has 1 unspecified atom stereocenters. The number of nitrogens with zero attached hydrogens (tertiary/aromatic N) is 3. The van der Waals surface area contributed by atoms with Gasteiger partial charge in [0, 0.05) is 20.1 Å². The summed E-state index contributed by atoms with van der Waals surface area (Å²) >= 11 is 0. The minimum Gasteiger partial charge on any atom is -0.481 e. The molecule has 7 heteroatoms. The van der Waals surface area contributed by atoms with E-state index in [4.69, 9.17) is 4.74 Å². The third kappa shape index (κ3) is 3.04. The van der Waals surface area contributed by atoms with Crippen molar-refractivity contribution in [2.45, 2.75) is 34.1 Å². The number of likely N-dealkylation sites (tertiary alicyclic amines) is 1. The second-order valence-corrected chi connectivity index (χ2v) is 6.59. The van der Waals surface area contributed by atoms with Crippen molar-refractivity contribution in [3.05, 3.63) is 11.4 Å². The molecule has 1 N–H and O–H groups in total. The number of carbonyl (C=O) groups is 2. The summed E-state index contributed by atoms with van der Waals surface area (Å²) in [5, 5.41) is 13.8. The Morgan fingerprint density at radius 2 is 2.04 bits per heavy atom. The van der Waals surface area contributed by atoms with E-state index < -0.39 is 11.4 Å². The van der Waals surface area contributed by atoms with Crippen molar-refractivity contribution in [1.82, 2.24) is 14.7 Å². The maximum absolute atomic E-state index is 12.4. The summed E-state index contributed by atoms with van der Waals surface area (Å²) in [7, 11) is 1.82. The fourth-order valence-electron chi connectivity index (χ4n) is 3.13. The molecule has 1 fully saturated rings. The molecule has 23 heavy (non-hydrogen) atoms. The van der Waals surface area contributed by atoms with Crippen LogP contribution in [0.3, 0.4) is 0 Å². The van der Waals surface area contributed by atoms with Crippen LogP contribution in [0.25, 0.3) is 0 Å². The second-order valence-electron chi connectivity index (χ2n) is 6.59. The lowest BCUT2D eigenvalue weighted by atomic mass is 9.76. The Morgan fingerprint density at radius 3 is 2.48 bits per heavy atom. The molecule has 1 aromatic heterocycles. The summed E-state index contributed by atoms with van der Waals surface area (Å²) in [5.74, 6) is -0.422. The molecule has 0 aromatic carbocycles. The number of aromatic nitrogens is 2. The van der Waals surface area contributed by atoms with Crippen LogP contribution >= 0.6 is 0 Å².